The first-order chi connectivity index (χ1) is 18.3. The van der Waals surface area contributed by atoms with Gasteiger partial charge < -0.3 is 14.2 Å². The first-order valence-electron chi connectivity index (χ1n) is 11.4. The van der Waals surface area contributed by atoms with Crippen LogP contribution in [0.3, 0.4) is 0 Å². The summed E-state index contributed by atoms with van der Waals surface area (Å²) in [7, 11) is 0. The van der Waals surface area contributed by atoms with E-state index in [1.807, 2.05) is 6.92 Å². The molecule has 0 aliphatic carbocycles. The predicted octanol–water partition coefficient (Wildman–Crippen LogP) is 7.83. The Bertz CT molecular complexity index is 1380. The van der Waals surface area contributed by atoms with Crippen molar-refractivity contribution < 1.29 is 28.2 Å². The number of thioether (sulfide) groups is 1. The van der Waals surface area contributed by atoms with E-state index in [0.717, 1.165) is 16.7 Å². The van der Waals surface area contributed by atoms with Gasteiger partial charge in [-0.1, -0.05) is 41.4 Å². The lowest BCUT2D eigenvalue weighted by molar-refractivity contribution is -0.123. The zero-order chi connectivity index (χ0) is 27.2. The summed E-state index contributed by atoms with van der Waals surface area (Å²) in [5.41, 5.74) is 0.885. The molecule has 0 aromatic heterocycles. The molecule has 11 heteroatoms. The smallest absolute Gasteiger partial charge is 0.293 e. The highest BCUT2D eigenvalue weighted by molar-refractivity contribution is 14.1. The molecule has 1 saturated heterocycles. The summed E-state index contributed by atoms with van der Waals surface area (Å²) in [5.74, 6) is 0.453. The molecule has 0 saturated carbocycles. The highest BCUT2D eigenvalue weighted by Crippen LogP contribution is 2.38. The van der Waals surface area contributed by atoms with Crippen LogP contribution in [0.2, 0.25) is 10.0 Å². The summed E-state index contributed by atoms with van der Waals surface area (Å²) in [6, 6.07) is 14.9. The summed E-state index contributed by atoms with van der Waals surface area (Å²) in [4.78, 5) is 26.9. The van der Waals surface area contributed by atoms with Gasteiger partial charge in [0, 0.05) is 5.56 Å². The van der Waals surface area contributed by atoms with Gasteiger partial charge in [-0.25, -0.2) is 4.39 Å². The zero-order valence-corrected chi connectivity index (χ0v) is 24.5. The third-order valence-electron chi connectivity index (χ3n) is 5.33. The van der Waals surface area contributed by atoms with Crippen LogP contribution < -0.4 is 14.2 Å². The predicted molar refractivity (Wildman–Crippen MR) is 156 cm³/mol. The fourth-order valence-electron chi connectivity index (χ4n) is 3.54. The lowest BCUT2D eigenvalue weighted by Crippen LogP contribution is -2.32. The van der Waals surface area contributed by atoms with E-state index in [-0.39, 0.29) is 40.5 Å². The van der Waals surface area contributed by atoms with Gasteiger partial charge in [0.05, 0.1) is 31.7 Å². The van der Waals surface area contributed by atoms with Gasteiger partial charge in [-0.3, -0.25) is 14.5 Å². The Labute approximate surface area is 247 Å². The molecule has 0 unspecified atom stereocenters. The van der Waals surface area contributed by atoms with E-state index in [1.165, 1.54) is 12.1 Å². The van der Waals surface area contributed by atoms with Crippen LogP contribution in [0.15, 0.2) is 59.5 Å². The quantitative estimate of drug-likeness (QED) is 0.160. The van der Waals surface area contributed by atoms with E-state index in [9.17, 15) is 14.0 Å². The summed E-state index contributed by atoms with van der Waals surface area (Å²) in [6.45, 7) is 2.29. The molecule has 0 N–H and O–H groups in total. The van der Waals surface area contributed by atoms with Crippen LogP contribution in [0.4, 0.5) is 9.18 Å². The van der Waals surface area contributed by atoms with E-state index in [4.69, 9.17) is 37.4 Å². The van der Waals surface area contributed by atoms with Crippen molar-refractivity contribution in [1.29, 1.82) is 0 Å². The van der Waals surface area contributed by atoms with Gasteiger partial charge >= 0.3 is 0 Å². The fraction of sp³-hybridized carbons (Fsp3) is 0.185. The zero-order valence-electron chi connectivity index (χ0n) is 20.0. The fourth-order valence-corrected chi connectivity index (χ4v) is 5.60. The van der Waals surface area contributed by atoms with Crippen LogP contribution in [0.25, 0.3) is 6.08 Å². The van der Waals surface area contributed by atoms with Crippen molar-refractivity contribution in [3.8, 4) is 17.2 Å². The third kappa shape index (κ3) is 6.74. The monoisotopic (exact) mass is 687 g/mol. The molecule has 4 rings (SSSR count). The normalized spacial score (nSPS) is 14.3. The van der Waals surface area contributed by atoms with E-state index in [1.54, 1.807) is 48.5 Å². The Morgan fingerprint density at radius 2 is 1.76 bits per heavy atom. The van der Waals surface area contributed by atoms with Gasteiger partial charge in [0.1, 0.15) is 24.8 Å². The molecule has 0 radical (unpaired) electrons. The highest BCUT2D eigenvalue weighted by Gasteiger charge is 2.35. The Kier molecular flexibility index (Phi) is 9.80. The molecule has 0 spiro atoms. The summed E-state index contributed by atoms with van der Waals surface area (Å²) < 4.78 is 32.2. The minimum atomic E-state index is -0.463. The number of imide groups is 1. The standard InChI is InChI=1S/C27H21Cl2FINO5S/c1-2-35-23-13-16(12-21(31)25(23)37-15-17-18(28)7-5-8-20(17)30)14-24-26(33)32(27(34)38-24)10-11-36-22-9-4-3-6-19(22)29/h3-9,12-14H,2,10-11,15H2,1H3/b24-14-. The SMILES string of the molecule is CCOc1cc(/C=C2\SC(=O)N(CCOc3ccccc3Cl)C2=O)cc(I)c1OCc1c(F)cccc1Cl. The number of halogens is 4. The minimum absolute atomic E-state index is 0.0837. The molecule has 0 atom stereocenters. The Morgan fingerprint density at radius 1 is 1.00 bits per heavy atom. The average molecular weight is 688 g/mol. The first-order valence-corrected chi connectivity index (χ1v) is 14.1. The molecule has 1 heterocycles. The van der Waals surface area contributed by atoms with Crippen molar-refractivity contribution in [3.63, 3.8) is 0 Å². The lowest BCUT2D eigenvalue weighted by Gasteiger charge is -2.16. The van der Waals surface area contributed by atoms with Crippen molar-refractivity contribution in [2.45, 2.75) is 13.5 Å². The van der Waals surface area contributed by atoms with Crippen molar-refractivity contribution in [2.75, 3.05) is 19.8 Å². The first kappa shape index (κ1) is 28.5. The van der Waals surface area contributed by atoms with Gasteiger partial charge in [-0.2, -0.15) is 0 Å². The Balaban J connectivity index is 1.49. The average Bonchev–Trinajstić information content (AvgIpc) is 3.13. The molecule has 0 bridgehead atoms. The second-order valence-corrected chi connectivity index (χ2v) is 10.8. The largest absolute Gasteiger partial charge is 0.490 e. The molecule has 1 aliphatic rings. The molecule has 38 heavy (non-hydrogen) atoms. The number of ether oxygens (including phenoxy) is 3. The molecule has 3 aromatic rings. The van der Waals surface area contributed by atoms with Crippen LogP contribution in [0, 0.1) is 9.39 Å². The molecule has 1 fully saturated rings. The van der Waals surface area contributed by atoms with Crippen LogP contribution in [0.5, 0.6) is 17.2 Å². The van der Waals surface area contributed by atoms with Crippen LogP contribution in [0.1, 0.15) is 18.1 Å². The third-order valence-corrected chi connectivity index (χ3v) is 7.71. The molecule has 6 nitrogen and oxygen atoms in total. The number of carbonyl (C=O) groups excluding carboxylic acids is 2. The highest BCUT2D eigenvalue weighted by atomic mass is 127. The number of carbonyl (C=O) groups is 2. The molecular weight excluding hydrogens is 667 g/mol. The number of amides is 2. The second kappa shape index (κ2) is 13.1. The molecular formula is C27H21Cl2FINO5S. The van der Waals surface area contributed by atoms with Crippen molar-refractivity contribution >= 4 is 74.8 Å². The number of para-hydroxylation sites is 1. The van der Waals surface area contributed by atoms with Crippen molar-refractivity contribution in [2.24, 2.45) is 0 Å². The van der Waals surface area contributed by atoms with Crippen molar-refractivity contribution in [1.82, 2.24) is 4.90 Å². The number of hydrogen-bond donors (Lipinski definition) is 0. The van der Waals surface area contributed by atoms with Crippen LogP contribution in [-0.2, 0) is 11.4 Å². The summed E-state index contributed by atoms with van der Waals surface area (Å²) in [5, 5.41) is 0.332. The van der Waals surface area contributed by atoms with Gasteiger partial charge in [-0.15, -0.1) is 0 Å². The number of nitrogens with zero attached hydrogens (tertiary/aromatic N) is 1. The van der Waals surface area contributed by atoms with Gasteiger partial charge in [0.25, 0.3) is 11.1 Å². The van der Waals surface area contributed by atoms with Crippen LogP contribution >= 0.6 is 57.6 Å². The summed E-state index contributed by atoms with van der Waals surface area (Å²) in [6.07, 6.45) is 1.63. The number of benzene rings is 3. The summed E-state index contributed by atoms with van der Waals surface area (Å²) >= 11 is 15.1. The second-order valence-electron chi connectivity index (χ2n) is 7.86. The topological polar surface area (TPSA) is 65.1 Å². The van der Waals surface area contributed by atoms with E-state index in [2.05, 4.69) is 22.6 Å². The molecule has 3 aromatic carbocycles. The van der Waals surface area contributed by atoms with E-state index in [0.29, 0.717) is 38.0 Å². The lowest BCUT2D eigenvalue weighted by atomic mass is 10.1. The number of rotatable bonds is 10. The molecule has 198 valence electrons. The maximum atomic E-state index is 14.2. The molecule has 1 aliphatic heterocycles. The van der Waals surface area contributed by atoms with E-state index < -0.39 is 11.7 Å². The maximum absolute atomic E-state index is 14.2. The Hall–Kier alpha value is -2.47. The van der Waals surface area contributed by atoms with Gasteiger partial charge in [0.2, 0.25) is 0 Å². The maximum Gasteiger partial charge on any atom is 0.293 e. The van der Waals surface area contributed by atoms with Gasteiger partial charge in [0.15, 0.2) is 11.5 Å². The number of hydrogen-bond acceptors (Lipinski definition) is 6. The minimum Gasteiger partial charge on any atom is -0.490 e. The van der Waals surface area contributed by atoms with E-state index >= 15 is 0 Å². The molecule has 2 amide bonds. The van der Waals surface area contributed by atoms with Gasteiger partial charge in [-0.05, 0) is 89.3 Å². The van der Waals surface area contributed by atoms with Crippen LogP contribution in [-0.4, -0.2) is 35.8 Å². The van der Waals surface area contributed by atoms with Crippen molar-refractivity contribution in [3.05, 3.63) is 90.1 Å². The Morgan fingerprint density at radius 3 is 2.50 bits per heavy atom.